The fourth-order valence-corrected chi connectivity index (χ4v) is 1.97. The third-order valence-electron chi connectivity index (χ3n) is 3.03. The zero-order valence-electron chi connectivity index (χ0n) is 12.1. The van der Waals surface area contributed by atoms with Crippen molar-refractivity contribution in [1.82, 2.24) is 0 Å². The first-order chi connectivity index (χ1) is 8.72. The van der Waals surface area contributed by atoms with Crippen molar-refractivity contribution in [2.45, 2.75) is 45.6 Å². The van der Waals surface area contributed by atoms with Crippen LogP contribution in [0, 0.1) is 0 Å². The molecule has 0 unspecified atom stereocenters. The molecule has 4 heteroatoms. The smallest absolute Gasteiger partial charge is 0.161 e. The Morgan fingerprint density at radius 3 is 2.47 bits per heavy atom. The summed E-state index contributed by atoms with van der Waals surface area (Å²) in [5.41, 5.74) is 7.32. The normalized spacial score (nSPS) is 11.6. The van der Waals surface area contributed by atoms with E-state index in [-0.39, 0.29) is 18.4 Å². The largest absolute Gasteiger partial charge is 0.493 e. The SMILES string of the molecule is CCCCC[C@H](N)c1ccc(OC)c(OCC)c1.Cl. The van der Waals surface area contributed by atoms with Crippen molar-refractivity contribution in [2.24, 2.45) is 5.73 Å². The third-order valence-corrected chi connectivity index (χ3v) is 3.03. The zero-order valence-corrected chi connectivity index (χ0v) is 13.0. The highest BCUT2D eigenvalue weighted by Crippen LogP contribution is 2.31. The van der Waals surface area contributed by atoms with Crippen LogP contribution in [0.2, 0.25) is 0 Å². The third kappa shape index (κ3) is 5.70. The van der Waals surface area contributed by atoms with Gasteiger partial charge in [0, 0.05) is 6.04 Å². The molecule has 0 aromatic heterocycles. The molecule has 1 rings (SSSR count). The molecule has 0 fully saturated rings. The van der Waals surface area contributed by atoms with Crippen LogP contribution in [0.5, 0.6) is 11.5 Å². The second-order valence-electron chi connectivity index (χ2n) is 4.45. The molecule has 0 aliphatic carbocycles. The van der Waals surface area contributed by atoms with Gasteiger partial charge in [0.15, 0.2) is 11.5 Å². The Morgan fingerprint density at radius 2 is 1.89 bits per heavy atom. The molecule has 1 aromatic rings. The van der Waals surface area contributed by atoms with Gasteiger partial charge >= 0.3 is 0 Å². The van der Waals surface area contributed by atoms with E-state index >= 15 is 0 Å². The van der Waals surface area contributed by atoms with Gasteiger partial charge in [-0.2, -0.15) is 0 Å². The summed E-state index contributed by atoms with van der Waals surface area (Å²) in [5.74, 6) is 1.55. The summed E-state index contributed by atoms with van der Waals surface area (Å²) in [5, 5.41) is 0. The maximum atomic E-state index is 6.20. The van der Waals surface area contributed by atoms with E-state index in [9.17, 15) is 0 Å². The number of ether oxygens (including phenoxy) is 2. The van der Waals surface area contributed by atoms with Crippen molar-refractivity contribution in [3.63, 3.8) is 0 Å². The lowest BCUT2D eigenvalue weighted by Crippen LogP contribution is -2.10. The maximum Gasteiger partial charge on any atom is 0.161 e. The van der Waals surface area contributed by atoms with Gasteiger partial charge < -0.3 is 15.2 Å². The van der Waals surface area contributed by atoms with E-state index in [1.807, 2.05) is 25.1 Å². The second-order valence-corrected chi connectivity index (χ2v) is 4.45. The second kappa shape index (κ2) is 9.93. The molecule has 110 valence electrons. The average molecular weight is 288 g/mol. The Morgan fingerprint density at radius 1 is 1.16 bits per heavy atom. The average Bonchev–Trinajstić information content (AvgIpc) is 2.39. The van der Waals surface area contributed by atoms with Crippen molar-refractivity contribution >= 4 is 12.4 Å². The number of methoxy groups -OCH3 is 1. The molecule has 0 spiro atoms. The Balaban J connectivity index is 0.00000324. The van der Waals surface area contributed by atoms with E-state index in [1.165, 1.54) is 19.3 Å². The standard InChI is InChI=1S/C15H25NO2.ClH/c1-4-6-7-8-13(16)12-9-10-14(17-3)15(11-12)18-5-2;/h9-11,13H,4-8,16H2,1-3H3;1H/t13-;/m0./s1. The van der Waals surface area contributed by atoms with E-state index in [0.717, 1.165) is 23.5 Å². The molecule has 0 aliphatic heterocycles. The van der Waals surface area contributed by atoms with E-state index in [1.54, 1.807) is 7.11 Å². The molecule has 0 amide bonds. The van der Waals surface area contributed by atoms with Crippen LogP contribution in [0.25, 0.3) is 0 Å². The van der Waals surface area contributed by atoms with Gasteiger partial charge in [-0.1, -0.05) is 32.3 Å². The van der Waals surface area contributed by atoms with Crippen LogP contribution in [0.15, 0.2) is 18.2 Å². The lowest BCUT2D eigenvalue weighted by molar-refractivity contribution is 0.310. The first-order valence-corrected chi connectivity index (χ1v) is 6.79. The van der Waals surface area contributed by atoms with E-state index in [0.29, 0.717) is 6.61 Å². The highest BCUT2D eigenvalue weighted by atomic mass is 35.5. The molecular formula is C15H26ClNO2. The lowest BCUT2D eigenvalue weighted by Gasteiger charge is -2.15. The monoisotopic (exact) mass is 287 g/mol. The van der Waals surface area contributed by atoms with Crippen LogP contribution in [0.3, 0.4) is 0 Å². The van der Waals surface area contributed by atoms with Crippen molar-refractivity contribution in [2.75, 3.05) is 13.7 Å². The Kier molecular flexibility index (Phi) is 9.44. The number of hydrogen-bond donors (Lipinski definition) is 1. The van der Waals surface area contributed by atoms with Crippen LogP contribution in [-0.2, 0) is 0 Å². The van der Waals surface area contributed by atoms with Crippen LogP contribution in [-0.4, -0.2) is 13.7 Å². The van der Waals surface area contributed by atoms with Gasteiger partial charge in [0.1, 0.15) is 0 Å². The molecule has 0 heterocycles. The van der Waals surface area contributed by atoms with E-state index in [2.05, 4.69) is 6.92 Å². The molecule has 2 N–H and O–H groups in total. The Bertz CT molecular complexity index is 358. The minimum Gasteiger partial charge on any atom is -0.493 e. The van der Waals surface area contributed by atoms with Gasteiger partial charge in [0.25, 0.3) is 0 Å². The molecule has 0 bridgehead atoms. The van der Waals surface area contributed by atoms with Gasteiger partial charge in [-0.05, 0) is 31.0 Å². The molecule has 1 atom stereocenters. The van der Waals surface area contributed by atoms with Crippen LogP contribution in [0.4, 0.5) is 0 Å². The number of rotatable bonds is 8. The Hall–Kier alpha value is -0.930. The molecule has 0 radical (unpaired) electrons. The highest BCUT2D eigenvalue weighted by molar-refractivity contribution is 5.85. The zero-order chi connectivity index (χ0) is 13.4. The number of halogens is 1. The maximum absolute atomic E-state index is 6.20. The fraction of sp³-hybridized carbons (Fsp3) is 0.600. The van der Waals surface area contributed by atoms with Gasteiger partial charge in [0.2, 0.25) is 0 Å². The molecular weight excluding hydrogens is 262 g/mol. The lowest BCUT2D eigenvalue weighted by atomic mass is 10.0. The Labute approximate surface area is 122 Å². The van der Waals surface area contributed by atoms with Crippen LogP contribution < -0.4 is 15.2 Å². The molecule has 19 heavy (non-hydrogen) atoms. The van der Waals surface area contributed by atoms with Gasteiger partial charge in [0.05, 0.1) is 13.7 Å². The topological polar surface area (TPSA) is 44.5 Å². The predicted molar refractivity (Wildman–Crippen MR) is 82.5 cm³/mol. The first kappa shape index (κ1) is 18.1. The van der Waals surface area contributed by atoms with E-state index < -0.39 is 0 Å². The summed E-state index contributed by atoms with van der Waals surface area (Å²) >= 11 is 0. The minimum absolute atomic E-state index is 0. The number of benzene rings is 1. The number of unbranched alkanes of at least 4 members (excludes halogenated alkanes) is 2. The van der Waals surface area contributed by atoms with Crippen LogP contribution >= 0.6 is 12.4 Å². The van der Waals surface area contributed by atoms with Gasteiger partial charge in [-0.25, -0.2) is 0 Å². The highest BCUT2D eigenvalue weighted by Gasteiger charge is 2.10. The summed E-state index contributed by atoms with van der Waals surface area (Å²) in [6.45, 7) is 4.80. The van der Waals surface area contributed by atoms with Crippen LogP contribution in [0.1, 0.15) is 51.1 Å². The van der Waals surface area contributed by atoms with Crippen molar-refractivity contribution in [3.8, 4) is 11.5 Å². The summed E-state index contributed by atoms with van der Waals surface area (Å²) in [7, 11) is 1.65. The van der Waals surface area contributed by atoms with E-state index in [4.69, 9.17) is 15.2 Å². The van der Waals surface area contributed by atoms with Gasteiger partial charge in [-0.15, -0.1) is 12.4 Å². The van der Waals surface area contributed by atoms with Crippen molar-refractivity contribution in [3.05, 3.63) is 23.8 Å². The molecule has 0 saturated carbocycles. The summed E-state index contributed by atoms with van der Waals surface area (Å²) < 4.78 is 10.8. The molecule has 0 saturated heterocycles. The molecule has 3 nitrogen and oxygen atoms in total. The molecule has 1 aromatic carbocycles. The minimum atomic E-state index is 0. The fourth-order valence-electron chi connectivity index (χ4n) is 1.97. The first-order valence-electron chi connectivity index (χ1n) is 6.79. The predicted octanol–water partition coefficient (Wildman–Crippen LogP) is 4.10. The summed E-state index contributed by atoms with van der Waals surface area (Å²) in [6.07, 6.45) is 4.65. The summed E-state index contributed by atoms with van der Waals surface area (Å²) in [4.78, 5) is 0. The number of hydrogen-bond acceptors (Lipinski definition) is 3. The van der Waals surface area contributed by atoms with Crippen molar-refractivity contribution in [1.29, 1.82) is 0 Å². The quantitative estimate of drug-likeness (QED) is 0.732. The number of nitrogens with two attached hydrogens (primary N) is 1. The van der Waals surface area contributed by atoms with Crippen molar-refractivity contribution < 1.29 is 9.47 Å². The molecule has 0 aliphatic rings. The van der Waals surface area contributed by atoms with Gasteiger partial charge in [-0.3, -0.25) is 0 Å². The summed E-state index contributed by atoms with van der Waals surface area (Å²) in [6, 6.07) is 6.04.